The van der Waals surface area contributed by atoms with Gasteiger partial charge in [0.05, 0.1) is 15.6 Å². The summed E-state index contributed by atoms with van der Waals surface area (Å²) >= 11 is 11.8. The van der Waals surface area contributed by atoms with E-state index in [4.69, 9.17) is 23.2 Å². The van der Waals surface area contributed by atoms with Crippen LogP contribution in [0.1, 0.15) is 10.4 Å². The molecule has 0 fully saturated rings. The van der Waals surface area contributed by atoms with E-state index in [1.165, 1.54) is 17.1 Å². The van der Waals surface area contributed by atoms with Gasteiger partial charge in [0.25, 0.3) is 5.91 Å². The summed E-state index contributed by atoms with van der Waals surface area (Å²) in [6, 6.07) is 4.94. The number of hydrogen-bond donors (Lipinski definition) is 0. The Bertz CT molecular complexity index is 474. The smallest absolute Gasteiger partial charge is 0.266 e. The maximum atomic E-state index is 11.9. The van der Waals surface area contributed by atoms with Crippen molar-refractivity contribution < 1.29 is 4.79 Å². The van der Waals surface area contributed by atoms with Gasteiger partial charge >= 0.3 is 0 Å². The van der Waals surface area contributed by atoms with Gasteiger partial charge in [-0.15, -0.1) is 0 Å². The van der Waals surface area contributed by atoms with E-state index in [1.807, 2.05) is 0 Å². The molecular weight excluding hydrogens is 235 g/mol. The van der Waals surface area contributed by atoms with Gasteiger partial charge in [-0.25, -0.2) is 4.98 Å². The fourth-order valence-corrected chi connectivity index (χ4v) is 1.77. The summed E-state index contributed by atoms with van der Waals surface area (Å²) in [7, 11) is 0. The number of carbonyl (C=O) groups excluding carboxylic acids is 1. The van der Waals surface area contributed by atoms with Gasteiger partial charge in [-0.2, -0.15) is 0 Å². The molecule has 0 aliphatic heterocycles. The Morgan fingerprint density at radius 1 is 1.27 bits per heavy atom. The summed E-state index contributed by atoms with van der Waals surface area (Å²) in [4.78, 5) is 15.7. The van der Waals surface area contributed by atoms with Crippen molar-refractivity contribution in [1.29, 1.82) is 0 Å². The molecule has 0 aliphatic carbocycles. The van der Waals surface area contributed by atoms with Gasteiger partial charge < -0.3 is 0 Å². The zero-order valence-electron chi connectivity index (χ0n) is 7.52. The average Bonchev–Trinajstić information content (AvgIpc) is 2.69. The predicted molar refractivity (Wildman–Crippen MR) is 58.4 cm³/mol. The third-order valence-corrected chi connectivity index (χ3v) is 2.55. The van der Waals surface area contributed by atoms with Crippen LogP contribution in [0.15, 0.2) is 36.9 Å². The van der Waals surface area contributed by atoms with Gasteiger partial charge in [0, 0.05) is 12.4 Å². The monoisotopic (exact) mass is 240 g/mol. The molecule has 76 valence electrons. The van der Waals surface area contributed by atoms with E-state index in [2.05, 4.69) is 4.98 Å². The Hall–Kier alpha value is -1.32. The predicted octanol–water partition coefficient (Wildman–Crippen LogP) is 2.88. The Balaban J connectivity index is 2.51. The molecule has 0 saturated heterocycles. The molecule has 15 heavy (non-hydrogen) atoms. The van der Waals surface area contributed by atoms with Crippen molar-refractivity contribution in [2.24, 2.45) is 0 Å². The fraction of sp³-hybridized carbons (Fsp3) is 0. The highest BCUT2D eigenvalue weighted by atomic mass is 35.5. The lowest BCUT2D eigenvalue weighted by Crippen LogP contribution is -2.10. The van der Waals surface area contributed by atoms with Crippen LogP contribution in [0, 0.1) is 0 Å². The van der Waals surface area contributed by atoms with Crippen molar-refractivity contribution in [2.75, 3.05) is 0 Å². The number of aromatic nitrogens is 2. The van der Waals surface area contributed by atoms with E-state index < -0.39 is 0 Å². The first-order valence-corrected chi connectivity index (χ1v) is 4.92. The van der Waals surface area contributed by atoms with Crippen molar-refractivity contribution in [1.82, 2.24) is 9.55 Å². The number of halogens is 2. The minimum Gasteiger partial charge on any atom is -0.272 e. The Labute approximate surface area is 96.3 Å². The van der Waals surface area contributed by atoms with Crippen molar-refractivity contribution >= 4 is 29.1 Å². The van der Waals surface area contributed by atoms with Gasteiger partial charge in [-0.3, -0.25) is 9.36 Å². The Morgan fingerprint density at radius 2 is 1.93 bits per heavy atom. The van der Waals surface area contributed by atoms with Crippen LogP contribution >= 0.6 is 23.2 Å². The van der Waals surface area contributed by atoms with Gasteiger partial charge in [0.15, 0.2) is 0 Å². The second-order valence-electron chi connectivity index (χ2n) is 2.87. The first kappa shape index (κ1) is 10.2. The summed E-state index contributed by atoms with van der Waals surface area (Å²) in [5.41, 5.74) is 0.291. The summed E-state index contributed by atoms with van der Waals surface area (Å²) in [6.07, 6.45) is 4.46. The maximum absolute atomic E-state index is 11.9. The molecule has 0 bridgehead atoms. The lowest BCUT2D eigenvalue weighted by atomic mass is 10.2. The third kappa shape index (κ3) is 1.89. The first-order valence-electron chi connectivity index (χ1n) is 4.17. The number of benzene rings is 1. The highest BCUT2D eigenvalue weighted by Crippen LogP contribution is 2.24. The largest absolute Gasteiger partial charge is 0.272 e. The molecule has 3 nitrogen and oxygen atoms in total. The first-order chi connectivity index (χ1) is 7.20. The number of carbonyl (C=O) groups is 1. The number of imidazole rings is 1. The Kier molecular flexibility index (Phi) is 2.75. The molecule has 0 spiro atoms. The Morgan fingerprint density at radius 3 is 2.47 bits per heavy atom. The molecule has 0 radical (unpaired) electrons. The van der Waals surface area contributed by atoms with Crippen molar-refractivity contribution in [3.8, 4) is 0 Å². The zero-order chi connectivity index (χ0) is 10.8. The lowest BCUT2D eigenvalue weighted by molar-refractivity contribution is 0.0960. The van der Waals surface area contributed by atoms with Crippen LogP contribution in [0.4, 0.5) is 0 Å². The molecular formula is C10H6Cl2N2O. The van der Waals surface area contributed by atoms with E-state index in [9.17, 15) is 4.79 Å². The number of nitrogens with zero attached hydrogens (tertiary/aromatic N) is 2. The van der Waals surface area contributed by atoms with Crippen LogP contribution in [0.3, 0.4) is 0 Å². The quantitative estimate of drug-likeness (QED) is 0.769. The third-order valence-electron chi connectivity index (χ3n) is 1.92. The summed E-state index contributed by atoms with van der Waals surface area (Å²) in [5, 5.41) is 0.669. The van der Waals surface area contributed by atoms with Crippen molar-refractivity contribution in [3.05, 3.63) is 52.5 Å². The molecule has 0 N–H and O–H groups in total. The molecule has 1 aromatic heterocycles. The van der Waals surface area contributed by atoms with Crippen molar-refractivity contribution in [3.63, 3.8) is 0 Å². The van der Waals surface area contributed by atoms with Crippen LogP contribution < -0.4 is 0 Å². The average molecular weight is 241 g/mol. The SMILES string of the molecule is O=C(c1c(Cl)cccc1Cl)n1ccnc1. The van der Waals surface area contributed by atoms with Gasteiger partial charge in [0.1, 0.15) is 6.33 Å². The van der Waals surface area contributed by atoms with Crippen LogP contribution in [-0.4, -0.2) is 15.5 Å². The summed E-state index contributed by atoms with van der Waals surface area (Å²) in [5.74, 6) is -0.289. The van der Waals surface area contributed by atoms with Gasteiger partial charge in [0.2, 0.25) is 0 Å². The highest BCUT2D eigenvalue weighted by Gasteiger charge is 2.15. The van der Waals surface area contributed by atoms with Crippen LogP contribution in [0.5, 0.6) is 0 Å². The van der Waals surface area contributed by atoms with E-state index in [1.54, 1.807) is 24.4 Å². The molecule has 2 aromatic rings. The topological polar surface area (TPSA) is 34.9 Å². The molecule has 0 saturated carbocycles. The van der Waals surface area contributed by atoms with Crippen LogP contribution in [0.25, 0.3) is 0 Å². The second-order valence-corrected chi connectivity index (χ2v) is 3.69. The minimum absolute atomic E-state index is 0.289. The van der Waals surface area contributed by atoms with E-state index >= 15 is 0 Å². The van der Waals surface area contributed by atoms with Crippen LogP contribution in [0.2, 0.25) is 10.0 Å². The molecule has 0 unspecified atom stereocenters. The van der Waals surface area contributed by atoms with Gasteiger partial charge in [-0.05, 0) is 12.1 Å². The zero-order valence-corrected chi connectivity index (χ0v) is 9.03. The maximum Gasteiger partial charge on any atom is 0.266 e. The molecule has 0 aliphatic rings. The summed E-state index contributed by atoms with van der Waals surface area (Å²) in [6.45, 7) is 0. The van der Waals surface area contributed by atoms with E-state index in [0.717, 1.165) is 0 Å². The van der Waals surface area contributed by atoms with E-state index in [0.29, 0.717) is 15.6 Å². The van der Waals surface area contributed by atoms with E-state index in [-0.39, 0.29) is 5.91 Å². The minimum atomic E-state index is -0.289. The normalized spacial score (nSPS) is 10.3. The second kappa shape index (κ2) is 4.04. The standard InChI is InChI=1S/C10H6Cl2N2O/c11-7-2-1-3-8(12)9(7)10(15)14-5-4-13-6-14/h1-6H. The molecule has 1 aromatic carbocycles. The lowest BCUT2D eigenvalue weighted by Gasteiger charge is -2.05. The molecule has 1 heterocycles. The summed E-state index contributed by atoms with van der Waals surface area (Å²) < 4.78 is 1.33. The van der Waals surface area contributed by atoms with Crippen LogP contribution in [-0.2, 0) is 0 Å². The molecule has 0 atom stereocenters. The molecule has 2 rings (SSSR count). The van der Waals surface area contributed by atoms with Crippen molar-refractivity contribution in [2.45, 2.75) is 0 Å². The number of hydrogen-bond acceptors (Lipinski definition) is 2. The molecule has 5 heteroatoms. The fourth-order valence-electron chi connectivity index (χ4n) is 1.21. The number of rotatable bonds is 1. The highest BCUT2D eigenvalue weighted by molar-refractivity contribution is 6.39. The molecule has 0 amide bonds. The van der Waals surface area contributed by atoms with Gasteiger partial charge in [-0.1, -0.05) is 29.3 Å².